The van der Waals surface area contributed by atoms with Gasteiger partial charge in [0.25, 0.3) is 0 Å². The van der Waals surface area contributed by atoms with Gasteiger partial charge in [-0.05, 0) is 33.1 Å². The molecule has 1 aromatic rings. The average Bonchev–Trinajstić information content (AvgIpc) is 2.58. The quantitative estimate of drug-likeness (QED) is 0.714. The predicted octanol–water partition coefficient (Wildman–Crippen LogP) is 3.82. The molecule has 0 unspecified atom stereocenters. The van der Waals surface area contributed by atoms with Gasteiger partial charge in [0.05, 0.1) is 17.9 Å². The third kappa shape index (κ3) is 4.53. The fraction of sp³-hybridized carbons (Fsp3) is 0.318. The Bertz CT molecular complexity index is 909. The van der Waals surface area contributed by atoms with Gasteiger partial charge in [-0.1, -0.05) is 42.5 Å². The maximum atomic E-state index is 12.4. The molecule has 138 valence electrons. The Hall–Kier alpha value is -3.13. The molecule has 3 rings (SSSR count). The van der Waals surface area contributed by atoms with E-state index in [9.17, 15) is 4.79 Å². The standard InChI is InChI=1S/C22H23N3O2/c1-5-19-23-18-15-25(21(26)27-22(2,3)4)14-13-17(18)20(24-19)16-11-9-7-6-8-10-12-16/h1,6-12H,13-15H2,2-4H3/b7-6-,8-6?,9-7?,10-8-,11-9-,12-10?,16-11?,16-12+. The first kappa shape index (κ1) is 18.7. The van der Waals surface area contributed by atoms with Crippen LogP contribution in [0.1, 0.15) is 43.5 Å². The second kappa shape index (κ2) is 7.63. The molecule has 5 heteroatoms. The van der Waals surface area contributed by atoms with Crippen molar-refractivity contribution < 1.29 is 9.53 Å². The van der Waals surface area contributed by atoms with E-state index in [1.807, 2.05) is 63.3 Å². The van der Waals surface area contributed by atoms with Gasteiger partial charge in [0.2, 0.25) is 5.82 Å². The Balaban J connectivity index is 1.96. The lowest BCUT2D eigenvalue weighted by Crippen LogP contribution is -2.40. The molecule has 2 aliphatic rings. The largest absolute Gasteiger partial charge is 0.444 e. The van der Waals surface area contributed by atoms with Crippen LogP contribution in [0.15, 0.2) is 42.5 Å². The zero-order chi connectivity index (χ0) is 19.4. The normalized spacial score (nSPS) is 21.6. The van der Waals surface area contributed by atoms with E-state index < -0.39 is 5.60 Å². The summed E-state index contributed by atoms with van der Waals surface area (Å²) >= 11 is 0. The Morgan fingerprint density at radius 3 is 2.67 bits per heavy atom. The molecular weight excluding hydrogens is 338 g/mol. The summed E-state index contributed by atoms with van der Waals surface area (Å²) in [6, 6.07) is 0. The van der Waals surface area contributed by atoms with Gasteiger partial charge in [0.15, 0.2) is 0 Å². The zero-order valence-corrected chi connectivity index (χ0v) is 15.9. The fourth-order valence-electron chi connectivity index (χ4n) is 2.94. The summed E-state index contributed by atoms with van der Waals surface area (Å²) in [5, 5.41) is 0. The van der Waals surface area contributed by atoms with Gasteiger partial charge >= 0.3 is 6.09 Å². The lowest BCUT2D eigenvalue weighted by Gasteiger charge is -2.31. The van der Waals surface area contributed by atoms with Crippen molar-refractivity contribution in [3.8, 4) is 12.3 Å². The molecule has 0 atom stereocenters. The number of ether oxygens (including phenoxy) is 1. The number of allylic oxidation sites excluding steroid dienone is 8. The number of rotatable bonds is 1. The van der Waals surface area contributed by atoms with Gasteiger partial charge < -0.3 is 9.64 Å². The molecule has 1 amide bonds. The summed E-state index contributed by atoms with van der Waals surface area (Å²) < 4.78 is 5.49. The lowest BCUT2D eigenvalue weighted by atomic mass is 9.97. The van der Waals surface area contributed by atoms with Gasteiger partial charge in [-0.3, -0.25) is 0 Å². The number of aromatic nitrogens is 2. The number of fused-ring (bicyclic) bond motifs is 1. The van der Waals surface area contributed by atoms with Crippen molar-refractivity contribution in [3.05, 3.63) is 65.3 Å². The van der Waals surface area contributed by atoms with Crippen molar-refractivity contribution in [2.45, 2.75) is 39.3 Å². The minimum absolute atomic E-state index is 0.325. The van der Waals surface area contributed by atoms with Crippen LogP contribution in [-0.4, -0.2) is 33.1 Å². The van der Waals surface area contributed by atoms with Crippen molar-refractivity contribution in [2.24, 2.45) is 0 Å². The van der Waals surface area contributed by atoms with Crippen molar-refractivity contribution in [1.82, 2.24) is 14.9 Å². The molecule has 0 bridgehead atoms. The predicted molar refractivity (Wildman–Crippen MR) is 106 cm³/mol. The molecule has 0 radical (unpaired) electrons. The van der Waals surface area contributed by atoms with Crippen LogP contribution in [-0.2, 0) is 17.7 Å². The molecule has 2 heterocycles. The number of hydrogen-bond acceptors (Lipinski definition) is 4. The van der Waals surface area contributed by atoms with E-state index in [1.54, 1.807) is 4.90 Å². The van der Waals surface area contributed by atoms with Crippen LogP contribution in [0.2, 0.25) is 0 Å². The van der Waals surface area contributed by atoms with Gasteiger partial charge in [-0.25, -0.2) is 14.8 Å². The maximum absolute atomic E-state index is 12.4. The Morgan fingerprint density at radius 2 is 1.93 bits per heavy atom. The second-order valence-electron chi connectivity index (χ2n) is 7.37. The molecule has 0 fully saturated rings. The molecule has 0 N–H and O–H groups in total. The smallest absolute Gasteiger partial charge is 0.410 e. The summed E-state index contributed by atoms with van der Waals surface area (Å²) in [6.45, 7) is 6.49. The van der Waals surface area contributed by atoms with E-state index in [0.29, 0.717) is 25.3 Å². The van der Waals surface area contributed by atoms with Crippen LogP contribution < -0.4 is 0 Å². The molecule has 0 saturated carbocycles. The average molecular weight is 361 g/mol. The minimum Gasteiger partial charge on any atom is -0.444 e. The first-order valence-corrected chi connectivity index (χ1v) is 8.94. The highest BCUT2D eigenvalue weighted by Crippen LogP contribution is 2.27. The van der Waals surface area contributed by atoms with E-state index in [2.05, 4.69) is 15.9 Å². The summed E-state index contributed by atoms with van der Waals surface area (Å²) in [5.74, 6) is 2.85. The number of carbonyl (C=O) groups is 1. The Kier molecular flexibility index (Phi) is 5.27. The van der Waals surface area contributed by atoms with Crippen molar-refractivity contribution >= 4 is 11.7 Å². The van der Waals surface area contributed by atoms with E-state index in [-0.39, 0.29) is 6.09 Å². The fourth-order valence-corrected chi connectivity index (χ4v) is 2.94. The highest BCUT2D eigenvalue weighted by atomic mass is 16.6. The highest BCUT2D eigenvalue weighted by molar-refractivity contribution is 5.77. The third-order valence-corrected chi connectivity index (χ3v) is 4.12. The van der Waals surface area contributed by atoms with Gasteiger partial charge in [-0.15, -0.1) is 6.42 Å². The van der Waals surface area contributed by atoms with Crippen LogP contribution in [0, 0.1) is 12.3 Å². The lowest BCUT2D eigenvalue weighted by molar-refractivity contribution is 0.0220. The van der Waals surface area contributed by atoms with Crippen LogP contribution in [0.4, 0.5) is 4.79 Å². The van der Waals surface area contributed by atoms with Crippen molar-refractivity contribution in [1.29, 1.82) is 0 Å². The summed E-state index contributed by atoms with van der Waals surface area (Å²) in [6.07, 6.45) is 19.7. The van der Waals surface area contributed by atoms with Crippen LogP contribution in [0.3, 0.4) is 0 Å². The number of amides is 1. The monoisotopic (exact) mass is 361 g/mol. The molecule has 5 nitrogen and oxygen atoms in total. The van der Waals surface area contributed by atoms with Crippen molar-refractivity contribution in [3.63, 3.8) is 0 Å². The Morgan fingerprint density at radius 1 is 1.19 bits per heavy atom. The van der Waals surface area contributed by atoms with Crippen LogP contribution in [0.5, 0.6) is 0 Å². The molecule has 0 saturated heterocycles. The molecule has 1 aromatic heterocycles. The molecule has 1 aliphatic carbocycles. The van der Waals surface area contributed by atoms with E-state index >= 15 is 0 Å². The molecule has 1 aliphatic heterocycles. The molecular formula is C22H23N3O2. The third-order valence-electron chi connectivity index (χ3n) is 4.12. The number of carbonyl (C=O) groups excluding carboxylic acids is 1. The topological polar surface area (TPSA) is 55.3 Å². The van der Waals surface area contributed by atoms with Crippen LogP contribution in [0.25, 0.3) is 5.57 Å². The van der Waals surface area contributed by atoms with Crippen molar-refractivity contribution in [2.75, 3.05) is 6.54 Å². The summed E-state index contributed by atoms with van der Waals surface area (Å²) in [4.78, 5) is 23.1. The number of nitrogens with zero attached hydrogens (tertiary/aromatic N) is 3. The van der Waals surface area contributed by atoms with E-state index in [1.165, 1.54) is 0 Å². The number of terminal acetylenes is 1. The van der Waals surface area contributed by atoms with Gasteiger partial charge in [-0.2, -0.15) is 0 Å². The van der Waals surface area contributed by atoms with Crippen LogP contribution >= 0.6 is 0 Å². The summed E-state index contributed by atoms with van der Waals surface area (Å²) in [7, 11) is 0. The first-order chi connectivity index (χ1) is 12.9. The van der Waals surface area contributed by atoms with Gasteiger partial charge in [0, 0.05) is 17.7 Å². The molecule has 0 spiro atoms. The molecule has 0 aromatic carbocycles. The summed E-state index contributed by atoms with van der Waals surface area (Å²) in [5.41, 5.74) is 3.07. The van der Waals surface area contributed by atoms with Gasteiger partial charge in [0.1, 0.15) is 5.60 Å². The maximum Gasteiger partial charge on any atom is 0.410 e. The van der Waals surface area contributed by atoms with E-state index in [0.717, 1.165) is 22.5 Å². The minimum atomic E-state index is -0.535. The second-order valence-corrected chi connectivity index (χ2v) is 7.37. The number of hydrogen-bond donors (Lipinski definition) is 0. The zero-order valence-electron chi connectivity index (χ0n) is 15.9. The highest BCUT2D eigenvalue weighted by Gasteiger charge is 2.28. The Labute approximate surface area is 160 Å². The molecule has 27 heavy (non-hydrogen) atoms. The van der Waals surface area contributed by atoms with E-state index in [4.69, 9.17) is 11.2 Å². The SMILES string of the molecule is C#Cc1nc2c(c(C3=C/C=C\C=C/C=C\3)n1)CCN(C(=O)OC(C)(C)C)C2. The first-order valence-electron chi connectivity index (χ1n) is 8.94.